The minimum absolute atomic E-state index is 0.00538. The molecule has 7 nitrogen and oxygen atoms in total. The van der Waals surface area contributed by atoms with Gasteiger partial charge in [0.25, 0.3) is 0 Å². The molecular formula is C20H18ClFN6O. The maximum atomic E-state index is 14.1. The van der Waals surface area contributed by atoms with Gasteiger partial charge in [0.05, 0.1) is 11.6 Å². The van der Waals surface area contributed by atoms with Crippen molar-refractivity contribution in [3.63, 3.8) is 0 Å². The van der Waals surface area contributed by atoms with E-state index in [2.05, 4.69) is 31.0 Å². The molecule has 0 radical (unpaired) electrons. The Morgan fingerprint density at radius 2 is 1.93 bits per heavy atom. The second kappa shape index (κ2) is 8.15. The highest BCUT2D eigenvalue weighted by Crippen LogP contribution is 2.30. The van der Waals surface area contributed by atoms with E-state index in [0.717, 1.165) is 18.8 Å². The fourth-order valence-electron chi connectivity index (χ4n) is 3.45. The van der Waals surface area contributed by atoms with Crippen molar-refractivity contribution in [3.05, 3.63) is 58.9 Å². The Morgan fingerprint density at radius 3 is 2.69 bits per heavy atom. The zero-order valence-electron chi connectivity index (χ0n) is 15.7. The topological polar surface area (TPSA) is 82.1 Å². The Morgan fingerprint density at radius 1 is 1.17 bits per heavy atom. The summed E-state index contributed by atoms with van der Waals surface area (Å²) in [4.78, 5) is 12.7. The molecule has 2 aromatic heterocycles. The van der Waals surface area contributed by atoms with Crippen molar-refractivity contribution in [2.24, 2.45) is 0 Å². The summed E-state index contributed by atoms with van der Waals surface area (Å²) < 4.78 is 19.5. The van der Waals surface area contributed by atoms with Crippen LogP contribution in [0.1, 0.15) is 24.4 Å². The minimum Gasteiger partial charge on any atom is -0.356 e. The van der Waals surface area contributed by atoms with E-state index >= 15 is 0 Å². The zero-order valence-corrected chi connectivity index (χ0v) is 16.5. The van der Waals surface area contributed by atoms with E-state index in [1.807, 2.05) is 6.92 Å². The summed E-state index contributed by atoms with van der Waals surface area (Å²) in [6.45, 7) is 4.98. The Hall–Kier alpha value is -3.02. The average molecular weight is 413 g/mol. The van der Waals surface area contributed by atoms with Gasteiger partial charge in [-0.15, -0.1) is 0 Å². The molecule has 3 heterocycles. The lowest BCUT2D eigenvalue weighted by atomic mass is 10.1. The summed E-state index contributed by atoms with van der Waals surface area (Å²) in [5, 5.41) is 13.8. The van der Waals surface area contributed by atoms with Crippen LogP contribution in [0.3, 0.4) is 0 Å². The van der Waals surface area contributed by atoms with Crippen molar-refractivity contribution >= 4 is 17.4 Å². The van der Waals surface area contributed by atoms with E-state index < -0.39 is 5.82 Å². The Labute approximate surface area is 172 Å². The number of rotatable bonds is 4. The van der Waals surface area contributed by atoms with E-state index in [4.69, 9.17) is 16.1 Å². The molecule has 1 unspecified atom stereocenters. The fraction of sp³-hybridized carbons (Fsp3) is 0.300. The summed E-state index contributed by atoms with van der Waals surface area (Å²) >= 11 is 5.97. The molecule has 0 spiro atoms. The molecule has 1 aromatic carbocycles. The quantitative estimate of drug-likeness (QED) is 0.646. The summed E-state index contributed by atoms with van der Waals surface area (Å²) in [5.74, 6) is 0.557. The van der Waals surface area contributed by atoms with Gasteiger partial charge >= 0.3 is 0 Å². The van der Waals surface area contributed by atoms with Crippen LogP contribution in [0.5, 0.6) is 0 Å². The van der Waals surface area contributed by atoms with E-state index in [-0.39, 0.29) is 6.04 Å². The zero-order chi connectivity index (χ0) is 20.4. The van der Waals surface area contributed by atoms with Crippen LogP contribution in [0.15, 0.2) is 41.2 Å². The van der Waals surface area contributed by atoms with Gasteiger partial charge in [0.1, 0.15) is 17.6 Å². The van der Waals surface area contributed by atoms with Gasteiger partial charge in [0.15, 0.2) is 17.3 Å². The van der Waals surface area contributed by atoms with Crippen molar-refractivity contribution in [1.29, 1.82) is 5.26 Å². The van der Waals surface area contributed by atoms with Crippen LogP contribution in [0, 0.1) is 17.1 Å². The Bertz CT molecular complexity index is 1060. The SMILES string of the molecule is CC(c1cc(-c2cc(Cl)ccc2F)on1)N1CCN(c2nccnc2C#N)CC1. The first-order chi connectivity index (χ1) is 14.1. The third-order valence-electron chi connectivity index (χ3n) is 5.10. The molecule has 9 heteroatoms. The average Bonchev–Trinajstić information content (AvgIpc) is 3.25. The molecule has 0 aliphatic carbocycles. The number of nitrogens with zero attached hydrogens (tertiary/aromatic N) is 6. The van der Waals surface area contributed by atoms with Crippen LogP contribution in [-0.2, 0) is 0 Å². The molecular weight excluding hydrogens is 395 g/mol. The van der Waals surface area contributed by atoms with E-state index in [9.17, 15) is 9.65 Å². The first kappa shape index (κ1) is 19.3. The van der Waals surface area contributed by atoms with Crippen molar-refractivity contribution in [3.8, 4) is 17.4 Å². The maximum absolute atomic E-state index is 14.1. The molecule has 1 fully saturated rings. The van der Waals surface area contributed by atoms with Crippen LogP contribution in [-0.4, -0.2) is 46.2 Å². The van der Waals surface area contributed by atoms with Crippen molar-refractivity contribution in [2.75, 3.05) is 31.1 Å². The molecule has 1 aliphatic rings. The first-order valence-corrected chi connectivity index (χ1v) is 9.56. The maximum Gasteiger partial charge on any atom is 0.183 e. The predicted octanol–water partition coefficient (Wildman–Crippen LogP) is 3.68. The molecule has 3 aromatic rings. The highest BCUT2D eigenvalue weighted by atomic mass is 35.5. The van der Waals surface area contributed by atoms with Gasteiger partial charge in [0, 0.05) is 49.7 Å². The normalized spacial score (nSPS) is 15.9. The van der Waals surface area contributed by atoms with Crippen molar-refractivity contribution in [2.45, 2.75) is 13.0 Å². The van der Waals surface area contributed by atoms with Gasteiger partial charge in [-0.1, -0.05) is 16.8 Å². The lowest BCUT2D eigenvalue weighted by molar-refractivity contribution is 0.190. The van der Waals surface area contributed by atoms with Gasteiger partial charge in [-0.25, -0.2) is 14.4 Å². The van der Waals surface area contributed by atoms with Gasteiger partial charge in [0.2, 0.25) is 0 Å². The minimum atomic E-state index is -0.407. The molecule has 148 valence electrons. The molecule has 29 heavy (non-hydrogen) atoms. The van der Waals surface area contributed by atoms with Crippen LogP contribution < -0.4 is 4.90 Å². The Kier molecular flexibility index (Phi) is 5.43. The number of hydrogen-bond donors (Lipinski definition) is 0. The molecule has 0 saturated carbocycles. The largest absolute Gasteiger partial charge is 0.356 e. The van der Waals surface area contributed by atoms with E-state index in [1.54, 1.807) is 12.3 Å². The van der Waals surface area contributed by atoms with Gasteiger partial charge in [-0.05, 0) is 25.1 Å². The second-order valence-corrected chi connectivity index (χ2v) is 7.22. The highest BCUT2D eigenvalue weighted by Gasteiger charge is 2.26. The number of aromatic nitrogens is 3. The lowest BCUT2D eigenvalue weighted by Crippen LogP contribution is -2.47. The van der Waals surface area contributed by atoms with Crippen LogP contribution in [0.2, 0.25) is 5.02 Å². The second-order valence-electron chi connectivity index (χ2n) is 6.78. The monoisotopic (exact) mass is 412 g/mol. The predicted molar refractivity (Wildman–Crippen MR) is 106 cm³/mol. The number of hydrogen-bond acceptors (Lipinski definition) is 7. The third kappa shape index (κ3) is 3.92. The van der Waals surface area contributed by atoms with Gasteiger partial charge < -0.3 is 9.42 Å². The molecule has 1 saturated heterocycles. The lowest BCUT2D eigenvalue weighted by Gasteiger charge is -2.37. The summed E-state index contributed by atoms with van der Waals surface area (Å²) in [5.41, 5.74) is 1.35. The molecule has 1 atom stereocenters. The van der Waals surface area contributed by atoms with Gasteiger partial charge in [-0.3, -0.25) is 4.90 Å². The number of benzene rings is 1. The molecule has 0 N–H and O–H groups in total. The number of nitriles is 1. The Balaban J connectivity index is 1.45. The highest BCUT2D eigenvalue weighted by molar-refractivity contribution is 6.30. The standard InChI is InChI=1S/C20H18ClFN6O/c1-13(17-11-19(29-26-17)15-10-14(21)2-3-16(15)22)27-6-8-28(9-7-27)20-18(12-23)24-4-5-25-20/h2-5,10-11,13H,6-9H2,1H3. The van der Waals surface area contributed by atoms with E-state index in [1.165, 1.54) is 24.4 Å². The van der Waals surface area contributed by atoms with Gasteiger partial charge in [-0.2, -0.15) is 5.26 Å². The van der Waals surface area contributed by atoms with Crippen LogP contribution in [0.4, 0.5) is 10.2 Å². The van der Waals surface area contributed by atoms with E-state index in [0.29, 0.717) is 40.9 Å². The van der Waals surface area contributed by atoms with Crippen molar-refractivity contribution < 1.29 is 8.91 Å². The number of halogens is 2. The summed E-state index contributed by atoms with van der Waals surface area (Å²) in [7, 11) is 0. The van der Waals surface area contributed by atoms with Crippen LogP contribution >= 0.6 is 11.6 Å². The molecule has 0 amide bonds. The number of piperazine rings is 1. The molecule has 0 bridgehead atoms. The van der Waals surface area contributed by atoms with Crippen LogP contribution in [0.25, 0.3) is 11.3 Å². The summed E-state index contributed by atoms with van der Waals surface area (Å²) in [6.07, 6.45) is 3.11. The third-order valence-corrected chi connectivity index (χ3v) is 5.33. The first-order valence-electron chi connectivity index (χ1n) is 9.19. The smallest absolute Gasteiger partial charge is 0.183 e. The fourth-order valence-corrected chi connectivity index (χ4v) is 3.62. The molecule has 4 rings (SSSR count). The summed E-state index contributed by atoms with van der Waals surface area (Å²) in [6, 6.07) is 8.17. The number of anilines is 1. The van der Waals surface area contributed by atoms with Crippen molar-refractivity contribution in [1.82, 2.24) is 20.0 Å². The molecule has 1 aliphatic heterocycles.